The third kappa shape index (κ3) is 1.73. The number of rotatable bonds is 2. The van der Waals surface area contributed by atoms with Gasteiger partial charge in [0.15, 0.2) is 5.71 Å². The lowest BCUT2D eigenvalue weighted by molar-refractivity contribution is -0.634. The molecule has 0 atom stereocenters. The molecular formula is C13H16N2O. The third-order valence-electron chi connectivity index (χ3n) is 2.91. The van der Waals surface area contributed by atoms with Crippen molar-refractivity contribution in [1.29, 1.82) is 0 Å². The maximum absolute atomic E-state index is 11.3. The molecule has 0 unspecified atom stereocenters. The van der Waals surface area contributed by atoms with Crippen molar-refractivity contribution in [3.8, 4) is 0 Å². The Morgan fingerprint density at radius 3 is 2.44 bits per heavy atom. The fourth-order valence-electron chi connectivity index (χ4n) is 1.91. The summed E-state index contributed by atoms with van der Waals surface area (Å²) in [5, 5.41) is 15.2. The van der Waals surface area contributed by atoms with Gasteiger partial charge >= 0.3 is 0 Å². The Balaban J connectivity index is 2.22. The van der Waals surface area contributed by atoms with Crippen LogP contribution >= 0.6 is 0 Å². The summed E-state index contributed by atoms with van der Waals surface area (Å²) in [5.74, 6) is -0.0417. The van der Waals surface area contributed by atoms with Gasteiger partial charge in [-0.25, -0.2) is 0 Å². The zero-order valence-corrected chi connectivity index (χ0v) is 9.90. The van der Waals surface area contributed by atoms with Crippen LogP contribution in [0.1, 0.15) is 26.3 Å². The van der Waals surface area contributed by atoms with Gasteiger partial charge in [0.05, 0.1) is 6.42 Å². The maximum Gasteiger partial charge on any atom is 0.222 e. The summed E-state index contributed by atoms with van der Waals surface area (Å²) < 4.78 is 1.82. The predicted octanol–water partition coefficient (Wildman–Crippen LogP) is 1.17. The summed E-state index contributed by atoms with van der Waals surface area (Å²) in [7, 11) is 0. The Kier molecular flexibility index (Phi) is 2.54. The monoisotopic (exact) mass is 216 g/mol. The van der Waals surface area contributed by atoms with Crippen LogP contribution in [0.25, 0.3) is 0 Å². The second-order valence-corrected chi connectivity index (χ2v) is 4.67. The Morgan fingerprint density at radius 1 is 1.31 bits per heavy atom. The van der Waals surface area contributed by atoms with Crippen LogP contribution in [0.15, 0.2) is 35.4 Å². The van der Waals surface area contributed by atoms with Crippen LogP contribution in [0.2, 0.25) is 0 Å². The molecule has 1 heterocycles. The fraction of sp³-hybridized carbons (Fsp3) is 0.385. The Bertz CT molecular complexity index is 458. The van der Waals surface area contributed by atoms with Crippen LogP contribution in [0.3, 0.4) is 0 Å². The molecule has 0 amide bonds. The number of hydrogen-bond acceptors (Lipinski definition) is 2. The van der Waals surface area contributed by atoms with Crippen molar-refractivity contribution in [2.24, 2.45) is 5.10 Å². The van der Waals surface area contributed by atoms with Crippen molar-refractivity contribution < 1.29 is 9.79 Å². The zero-order chi connectivity index (χ0) is 11.8. The van der Waals surface area contributed by atoms with E-state index in [0.717, 1.165) is 12.1 Å². The first kappa shape index (κ1) is 10.9. The minimum atomic E-state index is -0.459. The smallest absolute Gasteiger partial charge is 0.222 e. The van der Waals surface area contributed by atoms with E-state index in [1.54, 1.807) is 0 Å². The standard InChI is InChI=1S/C13H16N2O/c1-10(9-11-7-5-4-6-8-11)15-13(2,3)12(16)14-15/h4-8H,9H2,1-3H3/b15-10-. The normalized spacial score (nSPS) is 21.1. The Morgan fingerprint density at radius 2 is 1.94 bits per heavy atom. The van der Waals surface area contributed by atoms with Gasteiger partial charge in [-0.2, -0.15) is 0 Å². The van der Waals surface area contributed by atoms with E-state index in [4.69, 9.17) is 0 Å². The van der Waals surface area contributed by atoms with Gasteiger partial charge in [0.2, 0.25) is 5.54 Å². The molecule has 0 aliphatic carbocycles. The number of hydrogen-bond donors (Lipinski definition) is 0. The Labute approximate surface area is 95.7 Å². The number of hydrazone groups is 1. The minimum Gasteiger partial charge on any atom is -0.853 e. The highest BCUT2D eigenvalue weighted by Crippen LogP contribution is 2.20. The molecule has 3 nitrogen and oxygen atoms in total. The topological polar surface area (TPSA) is 38.4 Å². The third-order valence-corrected chi connectivity index (χ3v) is 2.91. The molecule has 0 saturated heterocycles. The van der Waals surface area contributed by atoms with Crippen molar-refractivity contribution in [3.05, 3.63) is 35.9 Å². The van der Waals surface area contributed by atoms with Crippen LogP contribution in [-0.2, 0) is 6.42 Å². The van der Waals surface area contributed by atoms with E-state index >= 15 is 0 Å². The number of nitrogens with zero attached hydrogens (tertiary/aromatic N) is 2. The molecule has 0 saturated carbocycles. The van der Waals surface area contributed by atoms with Gasteiger partial charge in [0, 0.05) is 20.8 Å². The van der Waals surface area contributed by atoms with Crippen LogP contribution < -0.4 is 5.11 Å². The molecule has 2 rings (SSSR count). The lowest BCUT2D eigenvalue weighted by Crippen LogP contribution is -2.58. The van der Waals surface area contributed by atoms with Crippen molar-refractivity contribution in [1.82, 2.24) is 0 Å². The van der Waals surface area contributed by atoms with Crippen LogP contribution in [0, 0.1) is 0 Å². The van der Waals surface area contributed by atoms with Gasteiger partial charge in [-0.05, 0) is 10.7 Å². The molecule has 1 aliphatic heterocycles. The average molecular weight is 216 g/mol. The molecule has 1 aliphatic rings. The summed E-state index contributed by atoms with van der Waals surface area (Å²) in [6, 6.07) is 10.2. The molecule has 0 N–H and O–H groups in total. The molecule has 16 heavy (non-hydrogen) atoms. The van der Waals surface area contributed by atoms with Crippen molar-refractivity contribution in [2.45, 2.75) is 32.7 Å². The van der Waals surface area contributed by atoms with Gasteiger partial charge in [-0.15, -0.1) is 0 Å². The second kappa shape index (κ2) is 3.74. The van der Waals surface area contributed by atoms with E-state index in [9.17, 15) is 5.11 Å². The Hall–Kier alpha value is -1.64. The molecule has 0 fully saturated rings. The molecule has 0 spiro atoms. The number of benzene rings is 1. The van der Waals surface area contributed by atoms with Gasteiger partial charge in [0.1, 0.15) is 5.90 Å². The van der Waals surface area contributed by atoms with E-state index in [1.165, 1.54) is 5.56 Å². The van der Waals surface area contributed by atoms with Gasteiger partial charge in [-0.1, -0.05) is 35.0 Å². The molecular weight excluding hydrogens is 200 g/mol. The fourth-order valence-corrected chi connectivity index (χ4v) is 1.91. The highest BCUT2D eigenvalue weighted by Gasteiger charge is 2.43. The SMILES string of the molecule is C/C(Cc1ccccc1)=[N+]1/N=C([O-])C1(C)C. The largest absolute Gasteiger partial charge is 0.853 e. The van der Waals surface area contributed by atoms with E-state index < -0.39 is 5.54 Å². The van der Waals surface area contributed by atoms with Gasteiger partial charge < -0.3 is 5.11 Å². The van der Waals surface area contributed by atoms with Crippen molar-refractivity contribution >= 4 is 11.6 Å². The van der Waals surface area contributed by atoms with E-state index in [1.807, 2.05) is 43.7 Å². The summed E-state index contributed by atoms with van der Waals surface area (Å²) in [6.07, 6.45) is 0.834. The first-order valence-corrected chi connectivity index (χ1v) is 5.44. The average Bonchev–Trinajstić information content (AvgIpc) is 2.27. The summed E-state index contributed by atoms with van der Waals surface area (Å²) in [4.78, 5) is 0. The molecule has 1 aromatic carbocycles. The lowest BCUT2D eigenvalue weighted by Gasteiger charge is -2.32. The maximum atomic E-state index is 11.3. The minimum absolute atomic E-state index is 0.0417. The van der Waals surface area contributed by atoms with E-state index in [2.05, 4.69) is 17.2 Å². The molecule has 0 bridgehead atoms. The summed E-state index contributed by atoms with van der Waals surface area (Å²) in [6.45, 7) is 5.82. The van der Waals surface area contributed by atoms with Crippen molar-refractivity contribution in [3.63, 3.8) is 0 Å². The first-order chi connectivity index (χ1) is 7.51. The summed E-state index contributed by atoms with van der Waals surface area (Å²) in [5.41, 5.74) is 1.89. The van der Waals surface area contributed by atoms with Crippen LogP contribution in [0.5, 0.6) is 0 Å². The quantitative estimate of drug-likeness (QED) is 0.684. The van der Waals surface area contributed by atoms with E-state index in [-0.39, 0.29) is 5.90 Å². The zero-order valence-electron chi connectivity index (χ0n) is 9.90. The van der Waals surface area contributed by atoms with Gasteiger partial charge in [-0.3, -0.25) is 0 Å². The van der Waals surface area contributed by atoms with Gasteiger partial charge in [0.25, 0.3) is 0 Å². The predicted molar refractivity (Wildman–Crippen MR) is 62.6 cm³/mol. The highest BCUT2D eigenvalue weighted by molar-refractivity contribution is 5.87. The lowest BCUT2D eigenvalue weighted by atomic mass is 10.0. The second-order valence-electron chi connectivity index (χ2n) is 4.67. The molecule has 0 aromatic heterocycles. The highest BCUT2D eigenvalue weighted by atomic mass is 16.3. The molecule has 0 radical (unpaired) electrons. The van der Waals surface area contributed by atoms with E-state index in [0.29, 0.717) is 0 Å². The molecule has 3 heteroatoms. The van der Waals surface area contributed by atoms with Crippen LogP contribution in [0.4, 0.5) is 0 Å². The molecule has 1 aromatic rings. The van der Waals surface area contributed by atoms with Crippen molar-refractivity contribution in [2.75, 3.05) is 0 Å². The first-order valence-electron chi connectivity index (χ1n) is 5.44. The summed E-state index contributed by atoms with van der Waals surface area (Å²) >= 11 is 0. The molecule has 84 valence electrons. The van der Waals surface area contributed by atoms with Crippen LogP contribution in [-0.4, -0.2) is 21.8 Å².